The number of nitrogens with one attached hydrogen (secondary N) is 2. The smallest absolute Gasteiger partial charge is 0.236 e. The topological polar surface area (TPSA) is 73.8 Å². The molecule has 1 aromatic carbocycles. The van der Waals surface area contributed by atoms with E-state index in [2.05, 4.69) is 15.8 Å². The minimum atomic E-state index is -0.260. The second-order valence-corrected chi connectivity index (χ2v) is 4.68. The maximum atomic E-state index is 11.8. The van der Waals surface area contributed by atoms with E-state index < -0.39 is 0 Å². The van der Waals surface area contributed by atoms with E-state index in [0.717, 1.165) is 11.4 Å². The van der Waals surface area contributed by atoms with Gasteiger partial charge < -0.3 is 10.2 Å². The maximum absolute atomic E-state index is 11.8. The van der Waals surface area contributed by atoms with Gasteiger partial charge in [-0.2, -0.15) is 5.10 Å². The lowest BCUT2D eigenvalue weighted by atomic mass is 10.2. The Labute approximate surface area is 118 Å². The van der Waals surface area contributed by atoms with Crippen molar-refractivity contribution in [1.29, 1.82) is 0 Å². The van der Waals surface area contributed by atoms with Gasteiger partial charge in [-0.3, -0.25) is 9.59 Å². The lowest BCUT2D eigenvalue weighted by Crippen LogP contribution is -2.19. The summed E-state index contributed by atoms with van der Waals surface area (Å²) in [5.41, 5.74) is 4.63. The van der Waals surface area contributed by atoms with Crippen LogP contribution in [0.25, 0.3) is 0 Å². The van der Waals surface area contributed by atoms with Gasteiger partial charge >= 0.3 is 0 Å². The molecule has 2 amide bonds. The number of benzene rings is 1. The number of carbonyl (C=O) groups is 2. The fourth-order valence-electron chi connectivity index (χ4n) is 1.49. The Bertz CT molecular complexity index is 506. The van der Waals surface area contributed by atoms with E-state index >= 15 is 0 Å². The van der Waals surface area contributed by atoms with Crippen molar-refractivity contribution in [1.82, 2.24) is 5.43 Å². The van der Waals surface area contributed by atoms with Crippen LogP contribution in [0.15, 0.2) is 29.4 Å². The van der Waals surface area contributed by atoms with Crippen molar-refractivity contribution in [2.75, 3.05) is 24.3 Å². The molecule has 0 saturated carbocycles. The Hall–Kier alpha value is -2.37. The molecule has 0 radical (unpaired) electrons. The second-order valence-electron chi connectivity index (χ2n) is 4.68. The molecule has 0 heterocycles. The summed E-state index contributed by atoms with van der Waals surface area (Å²) in [6.45, 7) is 3.05. The summed E-state index contributed by atoms with van der Waals surface area (Å²) < 4.78 is 0. The number of hydrogen-bond donors (Lipinski definition) is 2. The monoisotopic (exact) mass is 276 g/mol. The Morgan fingerprint density at radius 2 is 1.75 bits per heavy atom. The van der Waals surface area contributed by atoms with Gasteiger partial charge in [0.1, 0.15) is 0 Å². The van der Waals surface area contributed by atoms with Gasteiger partial charge in [0.15, 0.2) is 0 Å². The molecule has 1 rings (SSSR count). The van der Waals surface area contributed by atoms with E-state index in [1.807, 2.05) is 43.3 Å². The lowest BCUT2D eigenvalue weighted by molar-refractivity contribution is -0.119. The first-order chi connectivity index (χ1) is 9.38. The number of carbonyl (C=O) groups excluding carboxylic acids is 2. The molecule has 0 saturated heterocycles. The van der Waals surface area contributed by atoms with Crippen molar-refractivity contribution in [3.05, 3.63) is 24.3 Å². The molecule has 20 heavy (non-hydrogen) atoms. The highest BCUT2D eigenvalue weighted by molar-refractivity contribution is 6.05. The Kier molecular flexibility index (Phi) is 5.71. The highest BCUT2D eigenvalue weighted by Gasteiger charge is 2.05. The average molecular weight is 276 g/mol. The number of amides is 2. The van der Waals surface area contributed by atoms with Crippen LogP contribution in [-0.4, -0.2) is 31.6 Å². The normalized spacial score (nSPS) is 10.9. The third kappa shape index (κ3) is 5.51. The zero-order valence-corrected chi connectivity index (χ0v) is 12.2. The molecule has 6 nitrogen and oxygen atoms in total. The third-order valence-electron chi connectivity index (χ3n) is 2.49. The molecule has 108 valence electrons. The van der Waals surface area contributed by atoms with Crippen LogP contribution in [0, 0.1) is 0 Å². The minimum Gasteiger partial charge on any atom is -0.378 e. The first-order valence-corrected chi connectivity index (χ1v) is 6.25. The summed E-state index contributed by atoms with van der Waals surface area (Å²) in [6, 6.07) is 7.53. The van der Waals surface area contributed by atoms with Crippen LogP contribution in [0.2, 0.25) is 0 Å². The van der Waals surface area contributed by atoms with E-state index in [0.29, 0.717) is 5.71 Å². The number of rotatable bonds is 5. The SMILES string of the molecule is CC(=O)N/N=C(/C)CC(=O)Nc1ccc(N(C)C)cc1. The van der Waals surface area contributed by atoms with Crippen molar-refractivity contribution in [3.63, 3.8) is 0 Å². The van der Waals surface area contributed by atoms with Gasteiger partial charge in [0.25, 0.3) is 0 Å². The largest absolute Gasteiger partial charge is 0.378 e. The van der Waals surface area contributed by atoms with Crippen molar-refractivity contribution in [3.8, 4) is 0 Å². The summed E-state index contributed by atoms with van der Waals surface area (Å²) in [5, 5.41) is 6.57. The molecule has 0 aliphatic heterocycles. The molecule has 0 unspecified atom stereocenters. The second kappa shape index (κ2) is 7.28. The Balaban J connectivity index is 2.54. The van der Waals surface area contributed by atoms with Crippen molar-refractivity contribution < 1.29 is 9.59 Å². The predicted octanol–water partition coefficient (Wildman–Crippen LogP) is 1.59. The molecule has 0 atom stereocenters. The predicted molar refractivity (Wildman–Crippen MR) is 80.9 cm³/mol. The van der Waals surface area contributed by atoms with Crippen LogP contribution in [0.5, 0.6) is 0 Å². The molecule has 0 fully saturated rings. The number of hydrazone groups is 1. The molecule has 0 aliphatic carbocycles. The van der Waals surface area contributed by atoms with E-state index in [4.69, 9.17) is 0 Å². The first-order valence-electron chi connectivity index (χ1n) is 6.25. The van der Waals surface area contributed by atoms with Crippen LogP contribution >= 0.6 is 0 Å². The zero-order chi connectivity index (χ0) is 15.1. The number of anilines is 2. The van der Waals surface area contributed by atoms with Crippen LogP contribution in [0.1, 0.15) is 20.3 Å². The molecule has 0 bridgehead atoms. The molecule has 1 aromatic rings. The van der Waals surface area contributed by atoms with Gasteiger partial charge in [-0.25, -0.2) is 5.43 Å². The average Bonchev–Trinajstić information content (AvgIpc) is 2.36. The van der Waals surface area contributed by atoms with Gasteiger partial charge in [0, 0.05) is 38.1 Å². The molecular formula is C14H20N4O2. The molecule has 0 spiro atoms. The molecule has 0 aliphatic rings. The summed E-state index contributed by atoms with van der Waals surface area (Å²) in [5.74, 6) is -0.432. The van der Waals surface area contributed by atoms with Gasteiger partial charge in [0.05, 0.1) is 6.42 Å². The summed E-state index contributed by atoms with van der Waals surface area (Å²) in [6.07, 6.45) is 0.135. The fourth-order valence-corrected chi connectivity index (χ4v) is 1.49. The molecular weight excluding hydrogens is 256 g/mol. The van der Waals surface area contributed by atoms with E-state index in [1.54, 1.807) is 6.92 Å². The third-order valence-corrected chi connectivity index (χ3v) is 2.49. The summed E-state index contributed by atoms with van der Waals surface area (Å²) >= 11 is 0. The standard InChI is InChI=1S/C14H20N4O2/c1-10(16-17-11(2)19)9-14(20)15-12-5-7-13(8-6-12)18(3)4/h5-8H,9H2,1-4H3,(H,15,20)(H,17,19)/b16-10-. The van der Waals surface area contributed by atoms with Crippen LogP contribution < -0.4 is 15.6 Å². The minimum absolute atomic E-state index is 0.135. The Morgan fingerprint density at radius 1 is 1.15 bits per heavy atom. The summed E-state index contributed by atoms with van der Waals surface area (Å²) in [7, 11) is 3.91. The lowest BCUT2D eigenvalue weighted by Gasteiger charge is -2.13. The van der Waals surface area contributed by atoms with Crippen molar-refractivity contribution >= 4 is 28.9 Å². The van der Waals surface area contributed by atoms with E-state index in [1.165, 1.54) is 6.92 Å². The molecule has 0 aromatic heterocycles. The number of hydrogen-bond acceptors (Lipinski definition) is 4. The molecule has 6 heteroatoms. The Morgan fingerprint density at radius 3 is 2.25 bits per heavy atom. The van der Waals surface area contributed by atoms with Crippen LogP contribution in [0.3, 0.4) is 0 Å². The highest BCUT2D eigenvalue weighted by Crippen LogP contribution is 2.15. The highest BCUT2D eigenvalue weighted by atomic mass is 16.2. The van der Waals surface area contributed by atoms with Gasteiger partial charge in [-0.05, 0) is 31.2 Å². The van der Waals surface area contributed by atoms with E-state index in [9.17, 15) is 9.59 Å². The van der Waals surface area contributed by atoms with Crippen LogP contribution in [-0.2, 0) is 9.59 Å². The zero-order valence-electron chi connectivity index (χ0n) is 12.2. The molecule has 2 N–H and O–H groups in total. The first kappa shape index (κ1) is 15.7. The van der Waals surface area contributed by atoms with Gasteiger partial charge in [-0.1, -0.05) is 0 Å². The summed E-state index contributed by atoms with van der Waals surface area (Å²) in [4.78, 5) is 24.4. The van der Waals surface area contributed by atoms with Crippen LogP contribution in [0.4, 0.5) is 11.4 Å². The number of nitrogens with zero attached hydrogens (tertiary/aromatic N) is 2. The maximum Gasteiger partial charge on any atom is 0.236 e. The van der Waals surface area contributed by atoms with Crippen molar-refractivity contribution in [2.24, 2.45) is 5.10 Å². The van der Waals surface area contributed by atoms with Gasteiger partial charge in [0.2, 0.25) is 11.8 Å². The van der Waals surface area contributed by atoms with Gasteiger partial charge in [-0.15, -0.1) is 0 Å². The van der Waals surface area contributed by atoms with Crippen molar-refractivity contribution in [2.45, 2.75) is 20.3 Å². The fraction of sp³-hybridized carbons (Fsp3) is 0.357. The van der Waals surface area contributed by atoms with E-state index in [-0.39, 0.29) is 18.2 Å². The quantitative estimate of drug-likeness (QED) is 0.633.